The normalized spacial score (nSPS) is 13.3. The van der Waals surface area contributed by atoms with E-state index in [1.807, 2.05) is 25.1 Å². The van der Waals surface area contributed by atoms with Gasteiger partial charge in [-0.2, -0.15) is 0 Å². The zero-order chi connectivity index (χ0) is 14.3. The summed E-state index contributed by atoms with van der Waals surface area (Å²) in [5.74, 6) is -1.66. The number of aromatic carboxylic acids is 1. The van der Waals surface area contributed by atoms with E-state index in [9.17, 15) is 9.59 Å². The van der Waals surface area contributed by atoms with Crippen molar-refractivity contribution in [3.05, 3.63) is 53.0 Å². The third-order valence-corrected chi connectivity index (χ3v) is 3.41. The van der Waals surface area contributed by atoms with Crippen LogP contribution in [0.3, 0.4) is 0 Å². The van der Waals surface area contributed by atoms with Crippen molar-refractivity contribution in [3.8, 4) is 0 Å². The summed E-state index contributed by atoms with van der Waals surface area (Å²) in [6.45, 7) is 2.55. The van der Waals surface area contributed by atoms with Crippen LogP contribution in [-0.2, 0) is 6.42 Å². The van der Waals surface area contributed by atoms with Gasteiger partial charge in [-0.1, -0.05) is 12.1 Å². The Bertz CT molecular complexity index is 702. The van der Waals surface area contributed by atoms with E-state index in [4.69, 9.17) is 9.52 Å². The van der Waals surface area contributed by atoms with Crippen LogP contribution in [0.4, 0.5) is 5.69 Å². The second kappa shape index (κ2) is 4.52. The van der Waals surface area contributed by atoms with Crippen molar-refractivity contribution in [1.29, 1.82) is 0 Å². The molecule has 0 aliphatic carbocycles. The van der Waals surface area contributed by atoms with E-state index in [0.717, 1.165) is 23.2 Å². The molecule has 0 spiro atoms. The molecule has 0 bridgehead atoms. The van der Waals surface area contributed by atoms with Crippen LogP contribution in [0.5, 0.6) is 0 Å². The summed E-state index contributed by atoms with van der Waals surface area (Å²) in [6, 6.07) is 8.69. The lowest BCUT2D eigenvalue weighted by atomic mass is 10.1. The van der Waals surface area contributed by atoms with E-state index in [1.165, 1.54) is 12.1 Å². The van der Waals surface area contributed by atoms with Gasteiger partial charge in [0, 0.05) is 12.2 Å². The molecule has 2 aromatic rings. The SMILES string of the molecule is Cc1ccc2c(c1)N(C(=O)c1ccc(C(=O)O)o1)CC2. The Morgan fingerprint density at radius 1 is 1.20 bits per heavy atom. The minimum Gasteiger partial charge on any atom is -0.475 e. The number of hydrogen-bond acceptors (Lipinski definition) is 3. The number of carboxylic acid groups (broad SMARTS) is 1. The molecule has 1 aliphatic heterocycles. The molecule has 0 unspecified atom stereocenters. The van der Waals surface area contributed by atoms with Gasteiger partial charge in [0.2, 0.25) is 5.76 Å². The lowest BCUT2D eigenvalue weighted by Crippen LogP contribution is -2.28. The lowest BCUT2D eigenvalue weighted by Gasteiger charge is -2.16. The van der Waals surface area contributed by atoms with E-state index in [2.05, 4.69) is 0 Å². The van der Waals surface area contributed by atoms with Crippen LogP contribution in [0.2, 0.25) is 0 Å². The molecule has 0 saturated carbocycles. The van der Waals surface area contributed by atoms with Crippen molar-refractivity contribution in [2.24, 2.45) is 0 Å². The Morgan fingerprint density at radius 2 is 1.95 bits per heavy atom. The maximum Gasteiger partial charge on any atom is 0.371 e. The minimum atomic E-state index is -1.18. The lowest BCUT2D eigenvalue weighted by molar-refractivity contribution is 0.0660. The molecular weight excluding hydrogens is 258 g/mol. The Hall–Kier alpha value is -2.56. The number of anilines is 1. The second-order valence-corrected chi connectivity index (χ2v) is 4.81. The first-order chi connectivity index (χ1) is 9.56. The highest BCUT2D eigenvalue weighted by Crippen LogP contribution is 2.30. The average Bonchev–Trinajstić information content (AvgIpc) is 3.04. The number of hydrogen-bond donors (Lipinski definition) is 1. The maximum absolute atomic E-state index is 12.4. The van der Waals surface area contributed by atoms with Crippen molar-refractivity contribution < 1.29 is 19.1 Å². The number of fused-ring (bicyclic) bond motifs is 1. The molecule has 1 aromatic heterocycles. The van der Waals surface area contributed by atoms with Crippen LogP contribution < -0.4 is 4.90 Å². The fraction of sp³-hybridized carbons (Fsp3) is 0.200. The molecule has 5 heteroatoms. The van der Waals surface area contributed by atoms with Gasteiger partial charge in [0.1, 0.15) is 0 Å². The minimum absolute atomic E-state index is 0.0526. The van der Waals surface area contributed by atoms with Crippen LogP contribution in [0.1, 0.15) is 32.2 Å². The molecule has 0 radical (unpaired) electrons. The molecule has 1 N–H and O–H groups in total. The van der Waals surface area contributed by atoms with Crippen molar-refractivity contribution in [2.45, 2.75) is 13.3 Å². The Kier molecular flexibility index (Phi) is 2.82. The predicted molar refractivity (Wildman–Crippen MR) is 72.2 cm³/mol. The van der Waals surface area contributed by atoms with Gasteiger partial charge in [-0.05, 0) is 42.7 Å². The molecular formula is C15H13NO4. The van der Waals surface area contributed by atoms with Gasteiger partial charge in [-0.3, -0.25) is 4.79 Å². The average molecular weight is 271 g/mol. The van der Waals surface area contributed by atoms with Gasteiger partial charge in [-0.25, -0.2) is 4.79 Å². The van der Waals surface area contributed by atoms with Crippen molar-refractivity contribution in [1.82, 2.24) is 0 Å². The highest BCUT2D eigenvalue weighted by Gasteiger charge is 2.28. The summed E-state index contributed by atoms with van der Waals surface area (Å²) in [7, 11) is 0. The monoisotopic (exact) mass is 271 g/mol. The van der Waals surface area contributed by atoms with Gasteiger partial charge in [0.15, 0.2) is 5.76 Å². The molecule has 1 amide bonds. The molecule has 0 atom stereocenters. The first-order valence-corrected chi connectivity index (χ1v) is 6.31. The van der Waals surface area contributed by atoms with Gasteiger partial charge >= 0.3 is 5.97 Å². The van der Waals surface area contributed by atoms with Crippen molar-refractivity contribution in [2.75, 3.05) is 11.4 Å². The first kappa shape index (κ1) is 12.5. The largest absolute Gasteiger partial charge is 0.475 e. The van der Waals surface area contributed by atoms with Gasteiger partial charge in [0.05, 0.1) is 0 Å². The fourth-order valence-corrected chi connectivity index (χ4v) is 2.40. The van der Waals surface area contributed by atoms with Gasteiger partial charge in [-0.15, -0.1) is 0 Å². The first-order valence-electron chi connectivity index (χ1n) is 6.31. The summed E-state index contributed by atoms with van der Waals surface area (Å²) >= 11 is 0. The Morgan fingerprint density at radius 3 is 2.65 bits per heavy atom. The fourth-order valence-electron chi connectivity index (χ4n) is 2.40. The highest BCUT2D eigenvalue weighted by molar-refractivity contribution is 6.06. The number of amides is 1. The zero-order valence-electron chi connectivity index (χ0n) is 10.9. The topological polar surface area (TPSA) is 70.8 Å². The van der Waals surface area contributed by atoms with E-state index < -0.39 is 5.97 Å². The Balaban J connectivity index is 1.93. The Labute approximate surface area is 115 Å². The second-order valence-electron chi connectivity index (χ2n) is 4.81. The molecule has 0 saturated heterocycles. The summed E-state index contributed by atoms with van der Waals surface area (Å²) in [6.07, 6.45) is 0.799. The van der Waals surface area contributed by atoms with E-state index in [0.29, 0.717) is 6.54 Å². The van der Waals surface area contributed by atoms with Gasteiger partial charge < -0.3 is 14.4 Å². The summed E-state index contributed by atoms with van der Waals surface area (Å²) in [5.41, 5.74) is 3.08. The molecule has 0 fully saturated rings. The summed E-state index contributed by atoms with van der Waals surface area (Å²) < 4.78 is 5.07. The van der Waals surface area contributed by atoms with E-state index in [-0.39, 0.29) is 17.4 Å². The molecule has 1 aliphatic rings. The quantitative estimate of drug-likeness (QED) is 0.911. The van der Waals surface area contributed by atoms with E-state index in [1.54, 1.807) is 4.90 Å². The van der Waals surface area contributed by atoms with Crippen LogP contribution >= 0.6 is 0 Å². The zero-order valence-corrected chi connectivity index (χ0v) is 10.9. The summed E-state index contributed by atoms with van der Waals surface area (Å²) in [5, 5.41) is 8.82. The van der Waals surface area contributed by atoms with Crippen LogP contribution in [0.15, 0.2) is 34.7 Å². The third kappa shape index (κ3) is 1.97. The van der Waals surface area contributed by atoms with Gasteiger partial charge in [0.25, 0.3) is 5.91 Å². The molecule has 1 aromatic carbocycles. The molecule has 2 heterocycles. The highest BCUT2D eigenvalue weighted by atomic mass is 16.4. The number of benzene rings is 1. The number of carbonyl (C=O) groups excluding carboxylic acids is 1. The van der Waals surface area contributed by atoms with Crippen molar-refractivity contribution >= 4 is 17.6 Å². The van der Waals surface area contributed by atoms with E-state index >= 15 is 0 Å². The number of carbonyl (C=O) groups is 2. The number of aryl methyl sites for hydroxylation is 1. The standard InChI is InChI=1S/C15H13NO4/c1-9-2-3-10-6-7-16(11(10)8-9)14(17)12-4-5-13(20-12)15(18)19/h2-5,8H,6-7H2,1H3,(H,18,19). The van der Waals surface area contributed by atoms with Crippen molar-refractivity contribution in [3.63, 3.8) is 0 Å². The van der Waals surface area contributed by atoms with Crippen LogP contribution in [-0.4, -0.2) is 23.5 Å². The molecule has 5 nitrogen and oxygen atoms in total. The van der Waals surface area contributed by atoms with Crippen LogP contribution in [0.25, 0.3) is 0 Å². The molecule has 20 heavy (non-hydrogen) atoms. The smallest absolute Gasteiger partial charge is 0.371 e. The predicted octanol–water partition coefficient (Wildman–Crippen LogP) is 2.49. The van der Waals surface area contributed by atoms with Crippen LogP contribution in [0, 0.1) is 6.92 Å². The number of rotatable bonds is 2. The number of furan rings is 1. The maximum atomic E-state index is 12.4. The number of carboxylic acids is 1. The molecule has 102 valence electrons. The molecule has 3 rings (SSSR count). The summed E-state index contributed by atoms with van der Waals surface area (Å²) in [4.78, 5) is 24.8. The third-order valence-electron chi connectivity index (χ3n) is 3.41. The number of nitrogens with zero attached hydrogens (tertiary/aromatic N) is 1.